The normalized spacial score (nSPS) is 11.6. The summed E-state index contributed by atoms with van der Waals surface area (Å²) in [6.07, 6.45) is 19.5. The number of carboxylic acids is 1. The monoisotopic (exact) mass is 875 g/mol. The highest BCUT2D eigenvalue weighted by atomic mass is 16.5. The van der Waals surface area contributed by atoms with Crippen molar-refractivity contribution in [3.8, 4) is 0 Å². The Balaban J connectivity index is 3.36. The van der Waals surface area contributed by atoms with Crippen LogP contribution in [0.3, 0.4) is 0 Å². The predicted octanol–water partition coefficient (Wildman–Crippen LogP) is 4.27. The lowest BCUT2D eigenvalue weighted by Gasteiger charge is -2.09. The second-order valence-corrected chi connectivity index (χ2v) is 15.2. The van der Waals surface area contributed by atoms with E-state index in [2.05, 4.69) is 21.3 Å². The summed E-state index contributed by atoms with van der Waals surface area (Å²) >= 11 is 0. The molecule has 0 spiro atoms. The van der Waals surface area contributed by atoms with E-state index in [0.29, 0.717) is 65.4 Å². The van der Waals surface area contributed by atoms with Gasteiger partial charge in [-0.3, -0.25) is 28.8 Å². The Labute approximate surface area is 365 Å². The number of nitrogens with one attached hydrogen (secondary N) is 4. The van der Waals surface area contributed by atoms with Gasteiger partial charge in [0.1, 0.15) is 25.6 Å². The number of hydrogen-bond acceptors (Lipinski definition) is 12. The number of carbonyl (C=O) groups is 6. The molecule has 356 valence electrons. The zero-order valence-electron chi connectivity index (χ0n) is 37.7. The topological polar surface area (TPSA) is 226 Å². The number of amides is 4. The Hall–Kier alpha value is -3.22. The number of unbranched alkanes of at least 4 members (excludes halogenated alkanes) is 14. The number of ether oxygens (including phenoxy) is 6. The summed E-state index contributed by atoms with van der Waals surface area (Å²) in [6, 6.07) is 0. The van der Waals surface area contributed by atoms with Crippen LogP contribution < -0.4 is 21.3 Å². The minimum absolute atomic E-state index is 0.0395. The average Bonchev–Trinajstić information content (AvgIpc) is 3.23. The molecule has 61 heavy (non-hydrogen) atoms. The lowest BCUT2D eigenvalue weighted by Crippen LogP contribution is -2.32. The number of aliphatic carboxylic acids is 1. The van der Waals surface area contributed by atoms with Gasteiger partial charge in [-0.15, -0.1) is 0 Å². The second-order valence-electron chi connectivity index (χ2n) is 15.2. The van der Waals surface area contributed by atoms with Crippen LogP contribution in [0, 0.1) is 5.92 Å². The number of rotatable bonds is 47. The van der Waals surface area contributed by atoms with Crippen molar-refractivity contribution < 1.29 is 62.3 Å². The van der Waals surface area contributed by atoms with Crippen molar-refractivity contribution in [2.75, 3.05) is 105 Å². The van der Waals surface area contributed by atoms with Crippen molar-refractivity contribution in [2.24, 2.45) is 5.92 Å². The first-order valence-electron chi connectivity index (χ1n) is 22.9. The van der Waals surface area contributed by atoms with E-state index in [1.807, 2.05) is 6.92 Å². The number of hydrogen-bond donors (Lipinski definition) is 5. The molecule has 0 bridgehead atoms. The van der Waals surface area contributed by atoms with E-state index >= 15 is 0 Å². The highest BCUT2D eigenvalue weighted by Gasteiger charge is 2.08. The summed E-state index contributed by atoms with van der Waals surface area (Å²) in [5.74, 6) is -1.16. The highest BCUT2D eigenvalue weighted by Crippen LogP contribution is 2.14. The van der Waals surface area contributed by atoms with E-state index in [-0.39, 0.29) is 88.2 Å². The molecular formula is C44H82N4O13. The molecule has 0 rings (SSSR count). The lowest BCUT2D eigenvalue weighted by atomic mass is 10.0. The molecule has 4 amide bonds. The molecule has 0 aliphatic rings. The molecule has 0 saturated carbocycles. The van der Waals surface area contributed by atoms with Gasteiger partial charge in [-0.1, -0.05) is 90.4 Å². The van der Waals surface area contributed by atoms with Crippen LogP contribution in [0.15, 0.2) is 0 Å². The molecule has 0 heterocycles. The molecule has 0 aromatic carbocycles. The maximum absolute atomic E-state index is 12.0. The molecule has 0 fully saturated rings. The Morgan fingerprint density at radius 1 is 0.393 bits per heavy atom. The third-order valence-electron chi connectivity index (χ3n) is 9.65. The van der Waals surface area contributed by atoms with Crippen LogP contribution in [-0.4, -0.2) is 146 Å². The van der Waals surface area contributed by atoms with Gasteiger partial charge in [-0.25, -0.2) is 0 Å². The number of Topliss-reactive ketones (excluding diaryl/α,β-unsaturated/α-hetero) is 1. The molecule has 1 atom stereocenters. The molecule has 17 nitrogen and oxygen atoms in total. The van der Waals surface area contributed by atoms with E-state index in [0.717, 1.165) is 57.8 Å². The van der Waals surface area contributed by atoms with Crippen molar-refractivity contribution in [3.05, 3.63) is 0 Å². The van der Waals surface area contributed by atoms with Crippen LogP contribution in [0.25, 0.3) is 0 Å². The minimum Gasteiger partial charge on any atom is -0.481 e. The van der Waals surface area contributed by atoms with E-state index in [9.17, 15) is 28.8 Å². The molecule has 0 radical (unpaired) electrons. The summed E-state index contributed by atoms with van der Waals surface area (Å²) in [5, 5.41) is 19.7. The summed E-state index contributed by atoms with van der Waals surface area (Å²) in [6.45, 7) is 7.42. The van der Waals surface area contributed by atoms with Crippen LogP contribution in [-0.2, 0) is 57.2 Å². The van der Waals surface area contributed by atoms with Gasteiger partial charge in [0.05, 0.1) is 59.5 Å². The van der Waals surface area contributed by atoms with Crippen LogP contribution in [0.5, 0.6) is 0 Å². The Bertz CT molecular complexity index is 1120. The quantitative estimate of drug-likeness (QED) is 0.0540. The van der Waals surface area contributed by atoms with Gasteiger partial charge in [-0.05, 0) is 32.6 Å². The van der Waals surface area contributed by atoms with Crippen molar-refractivity contribution in [1.82, 2.24) is 21.3 Å². The number of carbonyl (C=O) groups excluding carboxylic acids is 5. The number of carboxylic acid groups (broad SMARTS) is 1. The molecule has 0 aromatic rings. The summed E-state index contributed by atoms with van der Waals surface area (Å²) < 4.78 is 32.1. The maximum atomic E-state index is 12.0. The molecule has 0 saturated heterocycles. The van der Waals surface area contributed by atoms with Gasteiger partial charge in [0, 0.05) is 44.9 Å². The fourth-order valence-electron chi connectivity index (χ4n) is 5.87. The van der Waals surface area contributed by atoms with Gasteiger partial charge in [-0.2, -0.15) is 0 Å². The largest absolute Gasteiger partial charge is 0.481 e. The first-order chi connectivity index (χ1) is 29.6. The molecule has 0 aliphatic heterocycles. The smallest absolute Gasteiger partial charge is 0.303 e. The summed E-state index contributed by atoms with van der Waals surface area (Å²) in [5.41, 5.74) is 0. The second kappa shape index (κ2) is 44.8. The third kappa shape index (κ3) is 46.1. The van der Waals surface area contributed by atoms with E-state index < -0.39 is 5.97 Å². The molecule has 5 N–H and O–H groups in total. The van der Waals surface area contributed by atoms with Crippen molar-refractivity contribution in [1.29, 1.82) is 0 Å². The van der Waals surface area contributed by atoms with Crippen LogP contribution in [0.2, 0.25) is 0 Å². The van der Waals surface area contributed by atoms with Gasteiger partial charge in [0.15, 0.2) is 0 Å². The van der Waals surface area contributed by atoms with E-state index in [1.54, 1.807) is 6.92 Å². The molecular weight excluding hydrogens is 792 g/mol. The van der Waals surface area contributed by atoms with Crippen molar-refractivity contribution in [2.45, 2.75) is 136 Å². The standard InChI is InChI=1S/C44H82N4O13/c1-38(39(2)49)19-17-18-22-45-41(51)35-59-32-30-57-27-24-47-43(53)37-61-34-31-58-28-25-48-42(52)36-60-33-29-56-26-23-46-40(50)20-15-13-11-9-7-5-3-4-6-8-10-12-14-16-21-44(54)55/h38H,3-37H2,1-2H3,(H,45,51)(H,46,50)(H,47,53)(H,48,52)(H,54,55)/t38-/m0/s1. The fraction of sp³-hybridized carbons (Fsp3) is 0.864. The van der Waals surface area contributed by atoms with Gasteiger partial charge in [0.2, 0.25) is 23.6 Å². The van der Waals surface area contributed by atoms with Crippen molar-refractivity contribution in [3.63, 3.8) is 0 Å². The van der Waals surface area contributed by atoms with Gasteiger partial charge < -0.3 is 54.8 Å². The van der Waals surface area contributed by atoms with Crippen LogP contribution in [0.4, 0.5) is 0 Å². The summed E-state index contributed by atoms with van der Waals surface area (Å²) in [4.78, 5) is 69.3. The third-order valence-corrected chi connectivity index (χ3v) is 9.65. The van der Waals surface area contributed by atoms with E-state index in [4.69, 9.17) is 33.5 Å². The highest BCUT2D eigenvalue weighted by molar-refractivity contribution is 5.78. The molecule has 17 heteroatoms. The minimum atomic E-state index is -0.695. The Morgan fingerprint density at radius 3 is 1.10 bits per heavy atom. The number of ketones is 1. The van der Waals surface area contributed by atoms with E-state index in [1.165, 1.54) is 51.4 Å². The average molecular weight is 875 g/mol. The fourth-order valence-corrected chi connectivity index (χ4v) is 5.87. The maximum Gasteiger partial charge on any atom is 0.303 e. The van der Waals surface area contributed by atoms with Gasteiger partial charge in [0.25, 0.3) is 0 Å². The predicted molar refractivity (Wildman–Crippen MR) is 232 cm³/mol. The van der Waals surface area contributed by atoms with Crippen molar-refractivity contribution >= 4 is 35.4 Å². The van der Waals surface area contributed by atoms with Crippen LogP contribution in [0.1, 0.15) is 136 Å². The first kappa shape index (κ1) is 57.8. The van der Waals surface area contributed by atoms with Crippen LogP contribution >= 0.6 is 0 Å². The lowest BCUT2D eigenvalue weighted by molar-refractivity contribution is -0.137. The molecule has 0 aliphatic carbocycles. The SMILES string of the molecule is CC(=O)[C@@H](C)CCCCNC(=O)COCCOCCNC(=O)COCCOCCNC(=O)COCCOCCNC(=O)CCCCCCCCCCCCCCCCC(=O)O. The zero-order chi connectivity index (χ0) is 44.9. The Kier molecular flexibility index (Phi) is 42.5. The summed E-state index contributed by atoms with van der Waals surface area (Å²) in [7, 11) is 0. The first-order valence-corrected chi connectivity index (χ1v) is 22.9. The molecule has 0 aromatic heterocycles. The molecule has 0 unspecified atom stereocenters. The zero-order valence-corrected chi connectivity index (χ0v) is 37.7. The Morgan fingerprint density at radius 2 is 0.721 bits per heavy atom. The van der Waals surface area contributed by atoms with Gasteiger partial charge >= 0.3 is 5.97 Å².